The molecule has 1 aliphatic heterocycles. The number of amides is 2. The molecule has 0 saturated carbocycles. The van der Waals surface area contributed by atoms with E-state index in [1.807, 2.05) is 0 Å². The van der Waals surface area contributed by atoms with Crippen molar-refractivity contribution in [1.29, 1.82) is 0 Å². The van der Waals surface area contributed by atoms with Crippen LogP contribution in [0.3, 0.4) is 0 Å². The lowest BCUT2D eigenvalue weighted by atomic mass is 10.1. The van der Waals surface area contributed by atoms with Crippen LogP contribution in [0.1, 0.15) is 27.1 Å². The summed E-state index contributed by atoms with van der Waals surface area (Å²) in [6.07, 6.45) is 0.961. The lowest BCUT2D eigenvalue weighted by molar-refractivity contribution is 0.0826. The molecule has 1 saturated heterocycles. The minimum atomic E-state index is -0.0856. The molecule has 0 aliphatic carbocycles. The van der Waals surface area contributed by atoms with E-state index in [-0.39, 0.29) is 17.9 Å². The topological polar surface area (TPSA) is 61.4 Å². The van der Waals surface area contributed by atoms with Crippen LogP contribution in [0.25, 0.3) is 0 Å². The summed E-state index contributed by atoms with van der Waals surface area (Å²) in [7, 11) is 3.41. The first kappa shape index (κ1) is 13.5. The molecule has 0 bridgehead atoms. The Kier molecular flexibility index (Phi) is 4.16. The van der Waals surface area contributed by atoms with Gasteiger partial charge in [0.15, 0.2) is 0 Å². The first-order chi connectivity index (χ1) is 9.08. The molecular formula is C14H19N3O2. The number of rotatable bonds is 3. The van der Waals surface area contributed by atoms with Gasteiger partial charge in [-0.15, -0.1) is 0 Å². The van der Waals surface area contributed by atoms with Gasteiger partial charge in [0, 0.05) is 37.8 Å². The summed E-state index contributed by atoms with van der Waals surface area (Å²) in [6, 6.07) is 6.95. The molecule has 0 aromatic heterocycles. The van der Waals surface area contributed by atoms with Crippen LogP contribution in [0, 0.1) is 0 Å². The quantitative estimate of drug-likeness (QED) is 0.832. The molecular weight excluding hydrogens is 242 g/mol. The minimum Gasteiger partial charge on any atom is -0.348 e. The smallest absolute Gasteiger partial charge is 0.253 e. The maximum Gasteiger partial charge on any atom is 0.253 e. The van der Waals surface area contributed by atoms with Crippen molar-refractivity contribution in [3.8, 4) is 0 Å². The van der Waals surface area contributed by atoms with Crippen molar-refractivity contribution in [2.75, 3.05) is 27.2 Å². The number of nitrogens with zero attached hydrogens (tertiary/aromatic N) is 1. The van der Waals surface area contributed by atoms with Gasteiger partial charge in [-0.2, -0.15) is 0 Å². The van der Waals surface area contributed by atoms with Crippen LogP contribution in [0.5, 0.6) is 0 Å². The lowest BCUT2D eigenvalue weighted by Crippen LogP contribution is -2.36. The van der Waals surface area contributed by atoms with E-state index in [1.165, 1.54) is 4.90 Å². The van der Waals surface area contributed by atoms with E-state index in [2.05, 4.69) is 10.6 Å². The van der Waals surface area contributed by atoms with Gasteiger partial charge in [0.05, 0.1) is 0 Å². The van der Waals surface area contributed by atoms with Gasteiger partial charge in [-0.1, -0.05) is 0 Å². The predicted molar refractivity (Wildman–Crippen MR) is 73.2 cm³/mol. The Bertz CT molecular complexity index is 462. The fourth-order valence-corrected chi connectivity index (χ4v) is 2.07. The maximum absolute atomic E-state index is 12.0. The van der Waals surface area contributed by atoms with Crippen LogP contribution >= 0.6 is 0 Å². The number of carbonyl (C=O) groups is 2. The average molecular weight is 261 g/mol. The van der Waals surface area contributed by atoms with E-state index in [1.54, 1.807) is 38.4 Å². The fourth-order valence-electron chi connectivity index (χ4n) is 2.07. The van der Waals surface area contributed by atoms with Crippen molar-refractivity contribution in [3.63, 3.8) is 0 Å². The Balaban J connectivity index is 2.01. The van der Waals surface area contributed by atoms with Gasteiger partial charge in [-0.3, -0.25) is 9.59 Å². The number of benzene rings is 1. The number of hydrogen-bond donors (Lipinski definition) is 2. The van der Waals surface area contributed by atoms with Crippen molar-refractivity contribution in [2.24, 2.45) is 0 Å². The summed E-state index contributed by atoms with van der Waals surface area (Å²) in [5, 5.41) is 6.17. The molecule has 1 aromatic carbocycles. The summed E-state index contributed by atoms with van der Waals surface area (Å²) < 4.78 is 0. The second kappa shape index (κ2) is 5.84. The zero-order valence-corrected chi connectivity index (χ0v) is 11.3. The van der Waals surface area contributed by atoms with Crippen LogP contribution in [0.4, 0.5) is 0 Å². The highest BCUT2D eigenvalue weighted by molar-refractivity contribution is 5.97. The highest BCUT2D eigenvalue weighted by Crippen LogP contribution is 2.07. The Labute approximate surface area is 113 Å². The van der Waals surface area contributed by atoms with Crippen molar-refractivity contribution in [2.45, 2.75) is 12.5 Å². The van der Waals surface area contributed by atoms with Gasteiger partial charge in [0.1, 0.15) is 0 Å². The molecule has 2 rings (SSSR count). The van der Waals surface area contributed by atoms with Gasteiger partial charge >= 0.3 is 0 Å². The number of hydrogen-bond acceptors (Lipinski definition) is 3. The van der Waals surface area contributed by atoms with Crippen molar-refractivity contribution >= 4 is 11.8 Å². The molecule has 5 heteroatoms. The van der Waals surface area contributed by atoms with Crippen LogP contribution in [0.15, 0.2) is 24.3 Å². The number of nitrogens with one attached hydrogen (secondary N) is 2. The molecule has 2 amide bonds. The van der Waals surface area contributed by atoms with Gasteiger partial charge in [-0.05, 0) is 37.2 Å². The van der Waals surface area contributed by atoms with E-state index >= 15 is 0 Å². The Morgan fingerprint density at radius 1 is 1.21 bits per heavy atom. The third-order valence-electron chi connectivity index (χ3n) is 3.20. The molecule has 0 spiro atoms. The first-order valence-corrected chi connectivity index (χ1v) is 6.41. The van der Waals surface area contributed by atoms with E-state index in [0.29, 0.717) is 11.1 Å². The monoisotopic (exact) mass is 261 g/mol. The van der Waals surface area contributed by atoms with Gasteiger partial charge in [-0.25, -0.2) is 0 Å². The van der Waals surface area contributed by atoms with Crippen LogP contribution in [-0.4, -0.2) is 49.9 Å². The molecule has 19 heavy (non-hydrogen) atoms. The summed E-state index contributed by atoms with van der Waals surface area (Å²) in [6.45, 7) is 1.77. The molecule has 102 valence electrons. The van der Waals surface area contributed by atoms with Crippen LogP contribution in [-0.2, 0) is 0 Å². The Morgan fingerprint density at radius 2 is 1.84 bits per heavy atom. The zero-order chi connectivity index (χ0) is 13.8. The Morgan fingerprint density at radius 3 is 2.37 bits per heavy atom. The molecule has 1 unspecified atom stereocenters. The van der Waals surface area contributed by atoms with Gasteiger partial charge in [0.2, 0.25) is 0 Å². The largest absolute Gasteiger partial charge is 0.348 e. The van der Waals surface area contributed by atoms with E-state index < -0.39 is 0 Å². The molecule has 1 aromatic rings. The van der Waals surface area contributed by atoms with Gasteiger partial charge < -0.3 is 15.5 Å². The van der Waals surface area contributed by atoms with Crippen molar-refractivity contribution in [1.82, 2.24) is 15.5 Å². The fraction of sp³-hybridized carbons (Fsp3) is 0.429. The van der Waals surface area contributed by atoms with Crippen molar-refractivity contribution in [3.05, 3.63) is 35.4 Å². The third kappa shape index (κ3) is 3.32. The molecule has 5 nitrogen and oxygen atoms in total. The molecule has 1 aliphatic rings. The van der Waals surface area contributed by atoms with Crippen LogP contribution in [0.2, 0.25) is 0 Å². The average Bonchev–Trinajstić information content (AvgIpc) is 2.90. The third-order valence-corrected chi connectivity index (χ3v) is 3.20. The van der Waals surface area contributed by atoms with Crippen LogP contribution < -0.4 is 10.6 Å². The predicted octanol–water partition coefficient (Wildman–Crippen LogP) is 0.480. The summed E-state index contributed by atoms with van der Waals surface area (Å²) in [5.74, 6) is -0.149. The normalized spacial score (nSPS) is 18.1. The second-order valence-corrected chi connectivity index (χ2v) is 4.94. The van der Waals surface area contributed by atoms with E-state index in [4.69, 9.17) is 0 Å². The zero-order valence-electron chi connectivity index (χ0n) is 11.3. The summed E-state index contributed by atoms with van der Waals surface area (Å²) in [4.78, 5) is 25.2. The number of carbonyl (C=O) groups excluding carboxylic acids is 2. The summed E-state index contributed by atoms with van der Waals surface area (Å²) in [5.41, 5.74) is 1.17. The van der Waals surface area contributed by atoms with Gasteiger partial charge in [0.25, 0.3) is 11.8 Å². The molecule has 2 N–H and O–H groups in total. The van der Waals surface area contributed by atoms with Crippen molar-refractivity contribution < 1.29 is 9.59 Å². The molecule has 0 radical (unpaired) electrons. The summed E-state index contributed by atoms with van der Waals surface area (Å²) >= 11 is 0. The second-order valence-electron chi connectivity index (χ2n) is 4.94. The first-order valence-electron chi connectivity index (χ1n) is 6.41. The highest BCUT2D eigenvalue weighted by Gasteiger charge is 2.17. The van der Waals surface area contributed by atoms with E-state index in [9.17, 15) is 9.59 Å². The maximum atomic E-state index is 12.0. The molecule has 1 heterocycles. The van der Waals surface area contributed by atoms with E-state index in [0.717, 1.165) is 19.5 Å². The minimum absolute atomic E-state index is 0.0630. The molecule has 1 fully saturated rings. The SMILES string of the molecule is CN(C)C(=O)c1ccc(C(=O)NC2CCNC2)cc1. The molecule has 1 atom stereocenters. The lowest BCUT2D eigenvalue weighted by Gasteiger charge is -2.12. The Hall–Kier alpha value is -1.88. The standard InChI is InChI=1S/C14H19N3O2/c1-17(2)14(19)11-5-3-10(4-6-11)13(18)16-12-7-8-15-9-12/h3-6,12,15H,7-9H2,1-2H3,(H,16,18). The highest BCUT2D eigenvalue weighted by atomic mass is 16.2.